The predicted molar refractivity (Wildman–Crippen MR) is 86.3 cm³/mol. The summed E-state index contributed by atoms with van der Waals surface area (Å²) in [5.41, 5.74) is 1.18. The first-order valence-electron chi connectivity index (χ1n) is 7.01. The second-order valence-electron chi connectivity index (χ2n) is 5.37. The van der Waals surface area contributed by atoms with E-state index in [1.807, 2.05) is 0 Å². The minimum atomic E-state index is -0.733. The lowest BCUT2D eigenvalue weighted by Crippen LogP contribution is -2.19. The first-order chi connectivity index (χ1) is 10.8. The molecule has 2 aromatic heterocycles. The zero-order chi connectivity index (χ0) is 16.9. The third kappa shape index (κ3) is 2.54. The molecule has 0 saturated carbocycles. The van der Waals surface area contributed by atoms with E-state index >= 15 is 0 Å². The molecule has 23 heavy (non-hydrogen) atoms. The van der Waals surface area contributed by atoms with Crippen LogP contribution >= 0.6 is 22.7 Å². The van der Waals surface area contributed by atoms with Crippen LogP contribution in [0.15, 0.2) is 11.4 Å². The summed E-state index contributed by atoms with van der Waals surface area (Å²) in [6.45, 7) is 4.57. The van der Waals surface area contributed by atoms with Crippen LogP contribution < -0.4 is 0 Å². The van der Waals surface area contributed by atoms with Crippen molar-refractivity contribution in [3.8, 4) is 0 Å². The summed E-state index contributed by atoms with van der Waals surface area (Å²) in [5.74, 6) is -0.912. The minimum Gasteiger partial charge on any atom is -0.458 e. The van der Waals surface area contributed by atoms with Crippen molar-refractivity contribution in [2.45, 2.75) is 33.0 Å². The van der Waals surface area contributed by atoms with E-state index in [0.717, 1.165) is 11.3 Å². The van der Waals surface area contributed by atoms with Crippen molar-refractivity contribution in [2.24, 2.45) is 0 Å². The number of carbonyl (C=O) groups excluding carboxylic acids is 3. The van der Waals surface area contributed by atoms with Crippen LogP contribution in [0.25, 0.3) is 0 Å². The van der Waals surface area contributed by atoms with E-state index in [1.54, 1.807) is 25.3 Å². The Morgan fingerprint density at radius 2 is 1.91 bits per heavy atom. The van der Waals surface area contributed by atoms with E-state index in [1.165, 1.54) is 18.3 Å². The van der Waals surface area contributed by atoms with Gasteiger partial charge in [0.25, 0.3) is 0 Å². The molecular formula is C16H14O5S2. The summed E-state index contributed by atoms with van der Waals surface area (Å²) in [6, 6.07) is 1.58. The van der Waals surface area contributed by atoms with Crippen LogP contribution in [0.1, 0.15) is 73.9 Å². The van der Waals surface area contributed by atoms with Gasteiger partial charge in [-0.3, -0.25) is 14.4 Å². The van der Waals surface area contributed by atoms with Crippen LogP contribution in [-0.4, -0.2) is 22.6 Å². The van der Waals surface area contributed by atoms with E-state index < -0.39 is 18.2 Å². The predicted octanol–water partition coefficient (Wildman–Crippen LogP) is 3.26. The van der Waals surface area contributed by atoms with E-state index in [2.05, 4.69) is 0 Å². The molecule has 0 spiro atoms. The molecule has 0 saturated heterocycles. The molecule has 0 amide bonds. The van der Waals surface area contributed by atoms with E-state index in [-0.39, 0.29) is 11.6 Å². The van der Waals surface area contributed by atoms with Crippen molar-refractivity contribution >= 4 is 40.2 Å². The molecular weight excluding hydrogens is 336 g/mol. The van der Waals surface area contributed by atoms with Gasteiger partial charge >= 0.3 is 5.97 Å². The van der Waals surface area contributed by atoms with E-state index in [0.29, 0.717) is 31.3 Å². The molecule has 3 rings (SSSR count). The van der Waals surface area contributed by atoms with Crippen LogP contribution in [0.4, 0.5) is 0 Å². The first kappa shape index (κ1) is 16.0. The van der Waals surface area contributed by atoms with Gasteiger partial charge in [-0.15, -0.1) is 22.7 Å². The Kier molecular flexibility index (Phi) is 3.95. The Hall–Kier alpha value is -1.83. The average molecular weight is 350 g/mol. The standard InChI is InChI=1S/C16H14O5S2/c1-6(17)11-4-9-13(19)12-10(7(2)21-8(3)18)5-22-16(12)14(20)15(9)23-11/h4-7,17H,1-3H3/t6-,7+/m1/s1. The molecule has 1 N–H and O–H groups in total. The highest BCUT2D eigenvalue weighted by Gasteiger charge is 2.37. The highest BCUT2D eigenvalue weighted by Crippen LogP contribution is 2.41. The van der Waals surface area contributed by atoms with Crippen molar-refractivity contribution in [3.63, 3.8) is 0 Å². The number of esters is 1. The number of thiophene rings is 2. The van der Waals surface area contributed by atoms with Crippen molar-refractivity contribution in [1.29, 1.82) is 0 Å². The Morgan fingerprint density at radius 3 is 2.52 bits per heavy atom. The molecule has 0 radical (unpaired) electrons. The average Bonchev–Trinajstić information content (AvgIpc) is 3.09. The highest BCUT2D eigenvalue weighted by molar-refractivity contribution is 7.18. The van der Waals surface area contributed by atoms with Gasteiger partial charge < -0.3 is 9.84 Å². The minimum absolute atomic E-state index is 0.210. The lowest BCUT2D eigenvalue weighted by molar-refractivity contribution is -0.145. The number of aliphatic hydroxyl groups is 1. The summed E-state index contributed by atoms with van der Waals surface area (Å²) in [6.07, 6.45) is -1.33. The third-order valence-electron chi connectivity index (χ3n) is 3.65. The van der Waals surface area contributed by atoms with Gasteiger partial charge in [0.15, 0.2) is 5.78 Å². The maximum atomic E-state index is 12.8. The zero-order valence-electron chi connectivity index (χ0n) is 12.7. The van der Waals surface area contributed by atoms with E-state index in [4.69, 9.17) is 4.74 Å². The van der Waals surface area contributed by atoms with Crippen molar-refractivity contribution in [1.82, 2.24) is 0 Å². The Balaban J connectivity index is 2.10. The molecule has 0 unspecified atom stereocenters. The summed E-state index contributed by atoms with van der Waals surface area (Å²) < 4.78 is 5.14. The van der Waals surface area contributed by atoms with Gasteiger partial charge in [0.2, 0.25) is 5.78 Å². The molecule has 1 aliphatic carbocycles. The van der Waals surface area contributed by atoms with Gasteiger partial charge in [-0.05, 0) is 25.3 Å². The van der Waals surface area contributed by atoms with Crippen LogP contribution in [0.3, 0.4) is 0 Å². The van der Waals surface area contributed by atoms with Crippen LogP contribution in [0.5, 0.6) is 0 Å². The van der Waals surface area contributed by atoms with E-state index in [9.17, 15) is 19.5 Å². The number of ether oxygens (including phenoxy) is 1. The topological polar surface area (TPSA) is 80.7 Å². The largest absolute Gasteiger partial charge is 0.458 e. The quantitative estimate of drug-likeness (QED) is 0.733. The second kappa shape index (κ2) is 5.67. The lowest BCUT2D eigenvalue weighted by atomic mass is 9.91. The van der Waals surface area contributed by atoms with Crippen LogP contribution in [-0.2, 0) is 9.53 Å². The fraction of sp³-hybridized carbons (Fsp3) is 0.312. The molecule has 7 heteroatoms. The number of ketones is 2. The number of hydrogen-bond donors (Lipinski definition) is 1. The van der Waals surface area contributed by atoms with Gasteiger partial charge in [0.1, 0.15) is 6.10 Å². The fourth-order valence-electron chi connectivity index (χ4n) is 2.58. The SMILES string of the molecule is CC(=O)O[C@@H](C)c1csc2c1C(=O)c1cc([C@@H](C)O)sc1C2=O. The number of rotatable bonds is 3. The van der Waals surface area contributed by atoms with Crippen molar-refractivity contribution in [2.75, 3.05) is 0 Å². The summed E-state index contributed by atoms with van der Waals surface area (Å²) >= 11 is 2.33. The molecule has 0 bridgehead atoms. The molecule has 0 fully saturated rings. The van der Waals surface area contributed by atoms with Crippen LogP contribution in [0.2, 0.25) is 0 Å². The molecule has 120 valence electrons. The molecule has 1 aliphatic rings. The van der Waals surface area contributed by atoms with Crippen molar-refractivity contribution < 1.29 is 24.2 Å². The molecule has 0 aliphatic heterocycles. The maximum absolute atomic E-state index is 12.8. The Labute approximate surface area is 140 Å². The summed E-state index contributed by atoms with van der Waals surface area (Å²) in [4.78, 5) is 37.9. The summed E-state index contributed by atoms with van der Waals surface area (Å²) in [7, 11) is 0. The number of fused-ring (bicyclic) bond motifs is 2. The Morgan fingerprint density at radius 1 is 1.22 bits per heavy atom. The number of hydrogen-bond acceptors (Lipinski definition) is 7. The molecule has 0 aromatic carbocycles. The molecule has 2 heterocycles. The monoisotopic (exact) mass is 350 g/mol. The zero-order valence-corrected chi connectivity index (χ0v) is 14.3. The van der Waals surface area contributed by atoms with Gasteiger partial charge in [0.05, 0.1) is 21.4 Å². The molecule has 2 atom stereocenters. The number of aliphatic hydroxyl groups excluding tert-OH is 1. The van der Waals surface area contributed by atoms with Gasteiger partial charge in [-0.25, -0.2) is 0 Å². The molecule has 5 nitrogen and oxygen atoms in total. The first-order valence-corrected chi connectivity index (χ1v) is 8.70. The third-order valence-corrected chi connectivity index (χ3v) is 5.95. The second-order valence-corrected chi connectivity index (χ2v) is 7.34. The maximum Gasteiger partial charge on any atom is 0.303 e. The normalized spacial score (nSPS) is 15.8. The molecule has 2 aromatic rings. The lowest BCUT2D eigenvalue weighted by Gasteiger charge is -2.15. The highest BCUT2D eigenvalue weighted by atomic mass is 32.1. The van der Waals surface area contributed by atoms with Gasteiger partial charge in [0, 0.05) is 22.9 Å². The smallest absolute Gasteiger partial charge is 0.303 e. The number of carbonyl (C=O) groups is 3. The summed E-state index contributed by atoms with van der Waals surface area (Å²) in [5, 5.41) is 11.4. The Bertz CT molecular complexity index is 828. The van der Waals surface area contributed by atoms with Crippen molar-refractivity contribution in [3.05, 3.63) is 42.8 Å². The van der Waals surface area contributed by atoms with Gasteiger partial charge in [-0.1, -0.05) is 0 Å². The van der Waals surface area contributed by atoms with Crippen LogP contribution in [0, 0.1) is 0 Å². The van der Waals surface area contributed by atoms with Gasteiger partial charge in [-0.2, -0.15) is 0 Å². The fourth-order valence-corrected chi connectivity index (χ4v) is 4.77.